The molecule has 1 aliphatic heterocycles. The van der Waals surface area contributed by atoms with E-state index < -0.39 is 29.3 Å². The molecule has 3 rings (SSSR count). The Morgan fingerprint density at radius 1 is 1.17 bits per heavy atom. The molecule has 1 atom stereocenters. The molecule has 1 aliphatic rings. The third kappa shape index (κ3) is 3.98. The molecule has 0 saturated carbocycles. The lowest BCUT2D eigenvalue weighted by Gasteiger charge is -2.36. The molecule has 29 heavy (non-hydrogen) atoms. The average Bonchev–Trinajstić information content (AvgIpc) is 3.01. The summed E-state index contributed by atoms with van der Waals surface area (Å²) >= 11 is 0. The number of halogens is 5. The summed E-state index contributed by atoms with van der Waals surface area (Å²) in [7, 11) is 0. The van der Waals surface area contributed by atoms with Crippen LogP contribution in [0.1, 0.15) is 37.1 Å². The maximum absolute atomic E-state index is 14.2. The number of rotatable bonds is 3. The van der Waals surface area contributed by atoms with Crippen LogP contribution in [0.5, 0.6) is 0 Å². The van der Waals surface area contributed by atoms with E-state index in [4.69, 9.17) is 0 Å². The predicted molar refractivity (Wildman–Crippen MR) is 93.5 cm³/mol. The van der Waals surface area contributed by atoms with Crippen LogP contribution < -0.4 is 0 Å². The van der Waals surface area contributed by atoms with Gasteiger partial charge in [0, 0.05) is 30.8 Å². The number of alkyl halides is 3. The van der Waals surface area contributed by atoms with Gasteiger partial charge < -0.3 is 10.0 Å². The number of benzene rings is 1. The van der Waals surface area contributed by atoms with E-state index in [0.29, 0.717) is 31.2 Å². The van der Waals surface area contributed by atoms with Gasteiger partial charge in [-0.25, -0.2) is 13.5 Å². The maximum atomic E-state index is 14.2. The molecule has 0 spiro atoms. The van der Waals surface area contributed by atoms with Gasteiger partial charge in [0.2, 0.25) is 5.60 Å². The summed E-state index contributed by atoms with van der Waals surface area (Å²) in [6.45, 7) is 2.16. The number of piperidine rings is 1. The van der Waals surface area contributed by atoms with E-state index in [9.17, 15) is 31.9 Å². The smallest absolute Gasteiger partial charge is 0.373 e. The Morgan fingerprint density at radius 3 is 2.34 bits per heavy atom. The fourth-order valence-electron chi connectivity index (χ4n) is 3.46. The number of carbonyl (C=O) groups excluding carboxylic acids is 1. The molecule has 1 saturated heterocycles. The van der Waals surface area contributed by atoms with Crippen molar-refractivity contribution in [3.05, 3.63) is 47.3 Å². The number of aromatic nitrogens is 2. The predicted octanol–water partition coefficient (Wildman–Crippen LogP) is 3.48. The van der Waals surface area contributed by atoms with E-state index in [1.807, 2.05) is 0 Å². The van der Waals surface area contributed by atoms with Gasteiger partial charge in [-0.1, -0.05) is 0 Å². The standard InChI is InChI=1S/C19H20F5N3O2/c1-11-9-16(27(25-11)15-4-3-13(20)10-14(15)21)12-5-7-26(8-6-12)17(28)18(2,29)19(22,23)24/h3-4,9-10,12,29H,5-8H2,1-2H3/t18-/m1/s1. The molecule has 2 aromatic rings. The van der Waals surface area contributed by atoms with Crippen LogP contribution in [0.15, 0.2) is 24.3 Å². The zero-order valence-corrected chi connectivity index (χ0v) is 15.8. The van der Waals surface area contributed by atoms with Crippen molar-refractivity contribution in [1.82, 2.24) is 14.7 Å². The SMILES string of the molecule is Cc1cc(C2CCN(C(=O)[C@@](C)(O)C(F)(F)F)CC2)n(-c2ccc(F)cc2F)n1. The number of likely N-dealkylation sites (tertiary alicyclic amines) is 1. The first-order chi connectivity index (χ1) is 13.4. The largest absolute Gasteiger partial charge is 0.426 e. The van der Waals surface area contributed by atoms with Crippen LogP contribution in [0.2, 0.25) is 0 Å². The highest BCUT2D eigenvalue weighted by atomic mass is 19.4. The third-order valence-corrected chi connectivity index (χ3v) is 5.17. The van der Waals surface area contributed by atoms with E-state index in [-0.39, 0.29) is 24.7 Å². The van der Waals surface area contributed by atoms with Crippen molar-refractivity contribution in [1.29, 1.82) is 0 Å². The molecule has 0 radical (unpaired) electrons. The lowest BCUT2D eigenvalue weighted by molar-refractivity contribution is -0.250. The summed E-state index contributed by atoms with van der Waals surface area (Å²) < 4.78 is 67.5. The van der Waals surface area contributed by atoms with Gasteiger partial charge >= 0.3 is 6.18 Å². The normalized spacial score (nSPS) is 18.0. The van der Waals surface area contributed by atoms with Gasteiger partial charge in [-0.2, -0.15) is 18.3 Å². The second kappa shape index (κ2) is 7.40. The summed E-state index contributed by atoms with van der Waals surface area (Å²) in [5.41, 5.74) is -2.16. The van der Waals surface area contributed by atoms with Crippen LogP contribution in [-0.4, -0.2) is 50.6 Å². The van der Waals surface area contributed by atoms with Gasteiger partial charge in [0.25, 0.3) is 5.91 Å². The molecule has 0 aliphatic carbocycles. The topological polar surface area (TPSA) is 58.4 Å². The molecule has 1 amide bonds. The summed E-state index contributed by atoms with van der Waals surface area (Å²) in [4.78, 5) is 13.1. The lowest BCUT2D eigenvalue weighted by atomic mass is 9.91. The van der Waals surface area contributed by atoms with Crippen molar-refractivity contribution in [3.8, 4) is 5.69 Å². The summed E-state index contributed by atoms with van der Waals surface area (Å²) in [5.74, 6) is -3.10. The van der Waals surface area contributed by atoms with Crippen LogP contribution in [0.4, 0.5) is 22.0 Å². The van der Waals surface area contributed by atoms with Crippen LogP contribution in [0, 0.1) is 18.6 Å². The monoisotopic (exact) mass is 417 g/mol. The Balaban J connectivity index is 1.80. The Labute approximate surface area is 163 Å². The molecule has 1 aromatic carbocycles. The van der Waals surface area contributed by atoms with Gasteiger partial charge in [-0.3, -0.25) is 4.79 Å². The molecule has 158 valence electrons. The van der Waals surface area contributed by atoms with E-state index in [1.54, 1.807) is 13.0 Å². The number of amides is 1. The molecule has 0 unspecified atom stereocenters. The Kier molecular flexibility index (Phi) is 5.42. The van der Waals surface area contributed by atoms with E-state index >= 15 is 0 Å². The van der Waals surface area contributed by atoms with Gasteiger partial charge in [-0.15, -0.1) is 0 Å². The molecule has 1 aromatic heterocycles. The number of hydrogen-bond acceptors (Lipinski definition) is 3. The second-order valence-corrected chi connectivity index (χ2v) is 7.35. The van der Waals surface area contributed by atoms with Crippen molar-refractivity contribution in [3.63, 3.8) is 0 Å². The molecule has 1 fully saturated rings. The molecule has 2 heterocycles. The van der Waals surface area contributed by atoms with Crippen LogP contribution in [0.3, 0.4) is 0 Å². The quantitative estimate of drug-likeness (QED) is 0.778. The molecular formula is C19H20F5N3O2. The Morgan fingerprint density at radius 2 is 1.79 bits per heavy atom. The highest BCUT2D eigenvalue weighted by Crippen LogP contribution is 2.35. The zero-order valence-electron chi connectivity index (χ0n) is 15.8. The summed E-state index contributed by atoms with van der Waals surface area (Å²) in [6.07, 6.45) is -4.45. The first kappa shape index (κ1) is 21.2. The minimum Gasteiger partial charge on any atom is -0.373 e. The second-order valence-electron chi connectivity index (χ2n) is 7.35. The van der Waals surface area contributed by atoms with Crippen LogP contribution in [-0.2, 0) is 4.79 Å². The first-order valence-electron chi connectivity index (χ1n) is 9.02. The van der Waals surface area contributed by atoms with Crippen molar-refractivity contribution in [2.75, 3.05) is 13.1 Å². The van der Waals surface area contributed by atoms with Gasteiger partial charge in [0.05, 0.1) is 5.69 Å². The van der Waals surface area contributed by atoms with Gasteiger partial charge in [0.15, 0.2) is 5.82 Å². The minimum atomic E-state index is -5.07. The molecular weight excluding hydrogens is 397 g/mol. The summed E-state index contributed by atoms with van der Waals surface area (Å²) in [5, 5.41) is 13.9. The highest BCUT2D eigenvalue weighted by Gasteiger charge is 2.57. The first-order valence-corrected chi connectivity index (χ1v) is 9.02. The number of carbonyl (C=O) groups is 1. The lowest BCUT2D eigenvalue weighted by Crippen LogP contribution is -2.57. The van der Waals surface area contributed by atoms with Crippen molar-refractivity contribution in [2.45, 2.75) is 44.4 Å². The van der Waals surface area contributed by atoms with Crippen molar-refractivity contribution < 1.29 is 31.9 Å². The van der Waals surface area contributed by atoms with E-state index in [2.05, 4.69) is 5.10 Å². The van der Waals surface area contributed by atoms with E-state index in [0.717, 1.165) is 17.0 Å². The van der Waals surface area contributed by atoms with E-state index in [1.165, 1.54) is 10.7 Å². The molecule has 0 bridgehead atoms. The Hall–Kier alpha value is -2.49. The highest BCUT2D eigenvalue weighted by molar-refractivity contribution is 5.85. The third-order valence-electron chi connectivity index (χ3n) is 5.17. The fourth-order valence-corrected chi connectivity index (χ4v) is 3.46. The number of aliphatic hydroxyl groups is 1. The van der Waals surface area contributed by atoms with Gasteiger partial charge in [-0.05, 0) is 44.9 Å². The molecule has 5 nitrogen and oxygen atoms in total. The van der Waals surface area contributed by atoms with Crippen molar-refractivity contribution in [2.24, 2.45) is 0 Å². The maximum Gasteiger partial charge on any atom is 0.426 e. The van der Waals surface area contributed by atoms with Crippen LogP contribution in [0.25, 0.3) is 5.69 Å². The van der Waals surface area contributed by atoms with Crippen LogP contribution >= 0.6 is 0 Å². The van der Waals surface area contributed by atoms with Crippen molar-refractivity contribution >= 4 is 5.91 Å². The zero-order chi connectivity index (χ0) is 21.6. The average molecular weight is 417 g/mol. The molecule has 10 heteroatoms. The molecule has 1 N–H and O–H groups in total. The Bertz CT molecular complexity index is 915. The number of hydrogen-bond donors (Lipinski definition) is 1. The minimum absolute atomic E-state index is 0.00581. The number of aryl methyl sites for hydroxylation is 1. The fraction of sp³-hybridized carbons (Fsp3) is 0.474. The number of nitrogens with zero attached hydrogens (tertiary/aromatic N) is 3. The van der Waals surface area contributed by atoms with Gasteiger partial charge in [0.1, 0.15) is 11.5 Å². The summed E-state index contributed by atoms with van der Waals surface area (Å²) in [6, 6.07) is 4.85.